The number of amides is 1. The van der Waals surface area contributed by atoms with Crippen molar-refractivity contribution in [2.45, 2.75) is 32.8 Å². The van der Waals surface area contributed by atoms with E-state index in [0.29, 0.717) is 6.54 Å². The van der Waals surface area contributed by atoms with Crippen LogP contribution < -0.4 is 10.6 Å². The minimum atomic E-state index is -0.445. The van der Waals surface area contributed by atoms with Crippen LogP contribution in [0, 0.1) is 0 Å². The Morgan fingerprint density at radius 2 is 1.84 bits per heavy atom. The van der Waals surface area contributed by atoms with Gasteiger partial charge in [0.25, 0.3) is 0 Å². The lowest BCUT2D eigenvalue weighted by Gasteiger charge is -2.19. The van der Waals surface area contributed by atoms with Gasteiger partial charge < -0.3 is 15.4 Å². The van der Waals surface area contributed by atoms with Crippen molar-refractivity contribution < 1.29 is 9.53 Å². The van der Waals surface area contributed by atoms with E-state index >= 15 is 0 Å². The van der Waals surface area contributed by atoms with E-state index in [1.807, 2.05) is 45.0 Å². The molecule has 19 heavy (non-hydrogen) atoms. The van der Waals surface area contributed by atoms with Crippen LogP contribution in [0.1, 0.15) is 27.2 Å². The molecule has 1 aromatic rings. The van der Waals surface area contributed by atoms with Crippen LogP contribution in [-0.2, 0) is 4.74 Å². The van der Waals surface area contributed by atoms with Gasteiger partial charge in [-0.2, -0.15) is 0 Å². The highest BCUT2D eigenvalue weighted by atomic mass is 79.9. The Balaban J connectivity index is 2.11. The second kappa shape index (κ2) is 7.38. The summed E-state index contributed by atoms with van der Waals surface area (Å²) in [7, 11) is 0. The predicted octanol–water partition coefficient (Wildman–Crippen LogP) is 3.78. The molecular weight excluding hydrogens is 308 g/mol. The zero-order valence-electron chi connectivity index (χ0n) is 11.6. The van der Waals surface area contributed by atoms with E-state index in [1.54, 1.807) is 0 Å². The highest BCUT2D eigenvalue weighted by molar-refractivity contribution is 9.10. The molecule has 0 aliphatic carbocycles. The van der Waals surface area contributed by atoms with Crippen LogP contribution in [0.15, 0.2) is 28.7 Å². The summed E-state index contributed by atoms with van der Waals surface area (Å²) in [5, 5.41) is 6.01. The predicted molar refractivity (Wildman–Crippen MR) is 81.5 cm³/mol. The number of carbonyl (C=O) groups is 1. The molecule has 5 heteroatoms. The van der Waals surface area contributed by atoms with E-state index < -0.39 is 5.60 Å². The molecule has 0 atom stereocenters. The molecule has 106 valence electrons. The monoisotopic (exact) mass is 328 g/mol. The maximum Gasteiger partial charge on any atom is 0.407 e. The lowest BCUT2D eigenvalue weighted by molar-refractivity contribution is 0.0528. The van der Waals surface area contributed by atoms with Crippen molar-refractivity contribution in [1.29, 1.82) is 0 Å². The average Bonchev–Trinajstić information content (AvgIpc) is 2.29. The van der Waals surface area contributed by atoms with Crippen LogP contribution in [-0.4, -0.2) is 24.8 Å². The first-order chi connectivity index (χ1) is 8.87. The van der Waals surface area contributed by atoms with E-state index in [9.17, 15) is 4.79 Å². The van der Waals surface area contributed by atoms with Gasteiger partial charge in [-0.05, 0) is 51.5 Å². The molecule has 0 spiro atoms. The molecule has 4 nitrogen and oxygen atoms in total. The zero-order valence-corrected chi connectivity index (χ0v) is 13.2. The lowest BCUT2D eigenvalue weighted by atomic mass is 10.2. The third-order valence-corrected chi connectivity index (χ3v) is 2.72. The van der Waals surface area contributed by atoms with Crippen LogP contribution in [0.5, 0.6) is 0 Å². The normalized spacial score (nSPS) is 10.9. The lowest BCUT2D eigenvalue weighted by Crippen LogP contribution is -2.33. The maximum atomic E-state index is 11.4. The Labute approximate surface area is 123 Å². The summed E-state index contributed by atoms with van der Waals surface area (Å²) in [6.45, 7) is 6.95. The van der Waals surface area contributed by atoms with Gasteiger partial charge in [0.2, 0.25) is 0 Å². The largest absolute Gasteiger partial charge is 0.444 e. The van der Waals surface area contributed by atoms with Crippen molar-refractivity contribution in [3.8, 4) is 0 Å². The molecule has 2 N–H and O–H groups in total. The maximum absolute atomic E-state index is 11.4. The summed E-state index contributed by atoms with van der Waals surface area (Å²) in [4.78, 5) is 11.4. The van der Waals surface area contributed by atoms with Crippen LogP contribution in [0.3, 0.4) is 0 Å². The SMILES string of the molecule is CC(C)(C)OC(=O)NCCCNc1ccc(Br)cc1. The summed E-state index contributed by atoms with van der Waals surface area (Å²) >= 11 is 3.39. The Bertz CT molecular complexity index is 399. The van der Waals surface area contributed by atoms with Gasteiger partial charge in [0.15, 0.2) is 0 Å². The van der Waals surface area contributed by atoms with Gasteiger partial charge in [-0.3, -0.25) is 0 Å². The molecule has 0 radical (unpaired) electrons. The fourth-order valence-electron chi connectivity index (χ4n) is 1.39. The van der Waals surface area contributed by atoms with Gasteiger partial charge in [-0.1, -0.05) is 15.9 Å². The van der Waals surface area contributed by atoms with Crippen LogP contribution in [0.2, 0.25) is 0 Å². The Hall–Kier alpha value is -1.23. The standard InChI is InChI=1S/C14H21BrN2O2/c1-14(2,3)19-13(18)17-10-4-9-16-12-7-5-11(15)6-8-12/h5-8,16H,4,9-10H2,1-3H3,(H,17,18). The number of benzene rings is 1. The number of hydrogen-bond donors (Lipinski definition) is 2. The number of ether oxygens (including phenoxy) is 1. The molecule has 0 aromatic heterocycles. The Morgan fingerprint density at radius 1 is 1.21 bits per heavy atom. The molecule has 0 fully saturated rings. The summed E-state index contributed by atoms with van der Waals surface area (Å²) in [5.41, 5.74) is 0.625. The van der Waals surface area contributed by atoms with E-state index in [1.165, 1.54) is 0 Å². The van der Waals surface area contributed by atoms with E-state index in [-0.39, 0.29) is 6.09 Å². The van der Waals surface area contributed by atoms with E-state index in [0.717, 1.165) is 23.1 Å². The molecule has 1 rings (SSSR count). The van der Waals surface area contributed by atoms with Gasteiger partial charge in [0.1, 0.15) is 5.60 Å². The molecule has 0 unspecified atom stereocenters. The van der Waals surface area contributed by atoms with Crippen molar-refractivity contribution in [3.05, 3.63) is 28.7 Å². The van der Waals surface area contributed by atoms with Gasteiger partial charge in [-0.15, -0.1) is 0 Å². The minimum absolute atomic E-state index is 0.365. The van der Waals surface area contributed by atoms with Gasteiger partial charge >= 0.3 is 6.09 Å². The molecular formula is C14H21BrN2O2. The zero-order chi connectivity index (χ0) is 14.3. The smallest absolute Gasteiger partial charge is 0.407 e. The van der Waals surface area contributed by atoms with E-state index in [4.69, 9.17) is 4.74 Å². The second-order valence-corrected chi connectivity index (χ2v) is 6.13. The third kappa shape index (κ3) is 7.72. The Morgan fingerprint density at radius 3 is 2.42 bits per heavy atom. The van der Waals surface area contributed by atoms with Crippen LogP contribution >= 0.6 is 15.9 Å². The van der Waals surface area contributed by atoms with Crippen molar-refractivity contribution in [2.75, 3.05) is 18.4 Å². The number of nitrogens with one attached hydrogen (secondary N) is 2. The molecule has 0 saturated heterocycles. The van der Waals surface area contributed by atoms with Gasteiger partial charge in [0.05, 0.1) is 0 Å². The quantitative estimate of drug-likeness (QED) is 0.809. The van der Waals surface area contributed by atoms with Crippen molar-refractivity contribution >= 4 is 27.7 Å². The molecule has 0 bridgehead atoms. The molecule has 0 aliphatic rings. The first kappa shape index (κ1) is 15.8. The van der Waals surface area contributed by atoms with Crippen molar-refractivity contribution in [1.82, 2.24) is 5.32 Å². The molecule has 0 aliphatic heterocycles. The highest BCUT2D eigenvalue weighted by Crippen LogP contribution is 2.13. The summed E-state index contributed by atoms with van der Waals surface area (Å²) in [6, 6.07) is 7.99. The highest BCUT2D eigenvalue weighted by Gasteiger charge is 2.15. The summed E-state index contributed by atoms with van der Waals surface area (Å²) < 4.78 is 6.20. The molecule has 1 amide bonds. The number of carbonyl (C=O) groups excluding carboxylic acids is 1. The second-order valence-electron chi connectivity index (χ2n) is 5.22. The molecule has 1 aromatic carbocycles. The topological polar surface area (TPSA) is 50.4 Å². The number of rotatable bonds is 5. The summed E-state index contributed by atoms with van der Waals surface area (Å²) in [6.07, 6.45) is 0.478. The van der Waals surface area contributed by atoms with Gasteiger partial charge in [0, 0.05) is 23.2 Å². The Kier molecular flexibility index (Phi) is 6.15. The van der Waals surface area contributed by atoms with Gasteiger partial charge in [-0.25, -0.2) is 4.79 Å². The number of halogens is 1. The van der Waals surface area contributed by atoms with Crippen molar-refractivity contribution in [2.24, 2.45) is 0 Å². The average molecular weight is 329 g/mol. The first-order valence-electron chi connectivity index (χ1n) is 6.33. The first-order valence-corrected chi connectivity index (χ1v) is 7.12. The van der Waals surface area contributed by atoms with Crippen LogP contribution in [0.4, 0.5) is 10.5 Å². The van der Waals surface area contributed by atoms with Crippen molar-refractivity contribution in [3.63, 3.8) is 0 Å². The number of alkyl carbamates (subject to hydrolysis) is 1. The fourth-order valence-corrected chi connectivity index (χ4v) is 1.66. The van der Waals surface area contributed by atoms with Crippen LogP contribution in [0.25, 0.3) is 0 Å². The molecule has 0 heterocycles. The molecule has 0 saturated carbocycles. The number of anilines is 1. The number of hydrogen-bond acceptors (Lipinski definition) is 3. The summed E-state index contributed by atoms with van der Waals surface area (Å²) in [5.74, 6) is 0. The fraction of sp³-hybridized carbons (Fsp3) is 0.500. The minimum Gasteiger partial charge on any atom is -0.444 e. The third-order valence-electron chi connectivity index (χ3n) is 2.20. The van der Waals surface area contributed by atoms with E-state index in [2.05, 4.69) is 26.6 Å².